The maximum atomic E-state index is 10.7. The van der Waals surface area contributed by atoms with E-state index < -0.39 is 5.97 Å². The second-order valence-corrected chi connectivity index (χ2v) is 3.80. The van der Waals surface area contributed by atoms with Gasteiger partial charge >= 0.3 is 5.97 Å². The first-order valence-corrected chi connectivity index (χ1v) is 5.05. The number of hydrogen-bond donors (Lipinski definition) is 1. The third-order valence-corrected chi connectivity index (χ3v) is 2.75. The van der Waals surface area contributed by atoms with Crippen molar-refractivity contribution >= 4 is 17.2 Å². The second-order valence-electron chi connectivity index (χ2n) is 3.80. The zero-order chi connectivity index (χ0) is 11.7. The van der Waals surface area contributed by atoms with Crippen molar-refractivity contribution in [2.45, 2.75) is 6.92 Å². The lowest BCUT2D eigenvalue weighted by molar-refractivity contribution is -0.131. The van der Waals surface area contributed by atoms with E-state index >= 15 is 0 Å². The summed E-state index contributed by atoms with van der Waals surface area (Å²) in [7, 11) is 1.97. The molecule has 1 aromatic rings. The van der Waals surface area contributed by atoms with Gasteiger partial charge in [-0.2, -0.15) is 0 Å². The van der Waals surface area contributed by atoms with E-state index in [-0.39, 0.29) is 0 Å². The van der Waals surface area contributed by atoms with Gasteiger partial charge in [0.2, 0.25) is 0 Å². The molecule has 0 atom stereocenters. The van der Waals surface area contributed by atoms with Crippen molar-refractivity contribution in [3.63, 3.8) is 0 Å². The van der Waals surface area contributed by atoms with Gasteiger partial charge in [-0.3, -0.25) is 0 Å². The number of aliphatic carboxylic acids is 1. The van der Waals surface area contributed by atoms with Crippen LogP contribution in [0.3, 0.4) is 0 Å². The molecule has 2 rings (SSSR count). The summed E-state index contributed by atoms with van der Waals surface area (Å²) in [6.45, 7) is 1.96. The topological polar surface area (TPSA) is 40.5 Å². The number of carboxylic acids is 1. The molecule has 0 bridgehead atoms. The van der Waals surface area contributed by atoms with Crippen LogP contribution < -0.4 is 4.90 Å². The van der Waals surface area contributed by atoms with Crippen LogP contribution in [0.2, 0.25) is 0 Å². The molecule has 0 spiro atoms. The molecule has 1 aliphatic rings. The molecule has 3 nitrogen and oxygen atoms in total. The monoisotopic (exact) mass is 215 g/mol. The lowest BCUT2D eigenvalue weighted by Gasteiger charge is -2.28. The van der Waals surface area contributed by atoms with E-state index in [4.69, 9.17) is 5.11 Å². The van der Waals surface area contributed by atoms with Crippen molar-refractivity contribution in [2.24, 2.45) is 0 Å². The standard InChI is InChI=1S/C13H13NO2/c1-9-7-10(8-13(15)16)11-5-3-4-6-12(11)14(9)2/h3-8H,1-2H3,(H,15,16). The van der Waals surface area contributed by atoms with Crippen molar-refractivity contribution < 1.29 is 9.90 Å². The fourth-order valence-electron chi connectivity index (χ4n) is 1.85. The van der Waals surface area contributed by atoms with Crippen LogP contribution in [0.5, 0.6) is 0 Å². The highest BCUT2D eigenvalue weighted by Crippen LogP contribution is 2.34. The Kier molecular flexibility index (Phi) is 2.52. The Bertz CT molecular complexity index is 500. The number of nitrogens with zero attached hydrogens (tertiary/aromatic N) is 1. The summed E-state index contributed by atoms with van der Waals surface area (Å²) < 4.78 is 0. The maximum absolute atomic E-state index is 10.7. The molecule has 3 heteroatoms. The summed E-state index contributed by atoms with van der Waals surface area (Å²) in [5, 5.41) is 8.82. The zero-order valence-corrected chi connectivity index (χ0v) is 9.27. The van der Waals surface area contributed by atoms with Gasteiger partial charge in [0, 0.05) is 30.1 Å². The number of benzene rings is 1. The van der Waals surface area contributed by atoms with Crippen molar-refractivity contribution in [3.8, 4) is 0 Å². The lowest BCUT2D eigenvalue weighted by atomic mass is 9.98. The van der Waals surface area contributed by atoms with Crippen LogP contribution in [0.25, 0.3) is 5.57 Å². The molecule has 0 unspecified atom stereocenters. The number of rotatable bonds is 1. The highest BCUT2D eigenvalue weighted by molar-refractivity contribution is 5.97. The van der Waals surface area contributed by atoms with Crippen LogP contribution in [0.15, 0.2) is 42.1 Å². The Hall–Kier alpha value is -2.03. The van der Waals surface area contributed by atoms with E-state index in [1.807, 2.05) is 44.3 Å². The molecule has 0 amide bonds. The molecule has 0 aromatic heterocycles. The summed E-state index contributed by atoms with van der Waals surface area (Å²) in [5.41, 5.74) is 3.78. The SMILES string of the molecule is CC1=CC(=CC(=O)O)c2ccccc2N1C. The lowest BCUT2D eigenvalue weighted by Crippen LogP contribution is -2.19. The third-order valence-electron chi connectivity index (χ3n) is 2.75. The normalized spacial score (nSPS) is 17.0. The minimum absolute atomic E-state index is 0.749. The van der Waals surface area contributed by atoms with Gasteiger partial charge in [-0.05, 0) is 24.6 Å². The number of fused-ring (bicyclic) bond motifs is 1. The maximum Gasteiger partial charge on any atom is 0.328 e. The van der Waals surface area contributed by atoms with Crippen molar-refractivity contribution in [1.82, 2.24) is 0 Å². The Morgan fingerprint density at radius 2 is 2.06 bits per heavy atom. The first kappa shape index (κ1) is 10.5. The molecular weight excluding hydrogens is 202 g/mol. The van der Waals surface area contributed by atoms with Gasteiger partial charge in [0.25, 0.3) is 0 Å². The summed E-state index contributed by atoms with van der Waals surface area (Å²) in [6, 6.07) is 7.79. The summed E-state index contributed by atoms with van der Waals surface area (Å²) in [4.78, 5) is 12.8. The van der Waals surface area contributed by atoms with E-state index in [1.54, 1.807) is 0 Å². The average Bonchev–Trinajstić information content (AvgIpc) is 2.25. The van der Waals surface area contributed by atoms with Gasteiger partial charge in [0.1, 0.15) is 0 Å². The van der Waals surface area contributed by atoms with Crippen molar-refractivity contribution in [3.05, 3.63) is 47.7 Å². The number of hydrogen-bond acceptors (Lipinski definition) is 2. The molecule has 0 saturated heterocycles. The smallest absolute Gasteiger partial charge is 0.328 e. The molecule has 1 aliphatic heterocycles. The first-order chi connectivity index (χ1) is 7.59. The Labute approximate surface area is 94.3 Å². The van der Waals surface area contributed by atoms with Gasteiger partial charge in [0.05, 0.1) is 0 Å². The third kappa shape index (κ3) is 1.72. The Morgan fingerprint density at radius 3 is 2.75 bits per heavy atom. The van der Waals surface area contributed by atoms with Gasteiger partial charge in [-0.1, -0.05) is 18.2 Å². The molecule has 16 heavy (non-hydrogen) atoms. The van der Waals surface area contributed by atoms with Crippen LogP contribution in [0.1, 0.15) is 12.5 Å². The van der Waals surface area contributed by atoms with Crippen molar-refractivity contribution in [1.29, 1.82) is 0 Å². The van der Waals surface area contributed by atoms with Gasteiger partial charge in [-0.25, -0.2) is 4.79 Å². The number of carbonyl (C=O) groups is 1. The van der Waals surface area contributed by atoms with E-state index in [0.29, 0.717) is 0 Å². The van der Waals surface area contributed by atoms with Gasteiger partial charge < -0.3 is 10.0 Å². The zero-order valence-electron chi connectivity index (χ0n) is 9.27. The minimum Gasteiger partial charge on any atom is -0.478 e. The second kappa shape index (κ2) is 3.85. The molecule has 1 N–H and O–H groups in total. The molecule has 82 valence electrons. The van der Waals surface area contributed by atoms with Gasteiger partial charge in [0.15, 0.2) is 0 Å². The Balaban J connectivity index is 2.61. The van der Waals surface area contributed by atoms with Crippen LogP contribution in [-0.4, -0.2) is 18.1 Å². The van der Waals surface area contributed by atoms with E-state index in [2.05, 4.69) is 4.90 Å². The molecule has 0 saturated carbocycles. The molecule has 1 heterocycles. The molecule has 0 aliphatic carbocycles. The summed E-state index contributed by atoms with van der Waals surface area (Å²) >= 11 is 0. The number of anilines is 1. The Morgan fingerprint density at radius 1 is 1.38 bits per heavy atom. The van der Waals surface area contributed by atoms with Crippen molar-refractivity contribution in [2.75, 3.05) is 11.9 Å². The minimum atomic E-state index is -0.918. The fraction of sp³-hybridized carbons (Fsp3) is 0.154. The number of carboxylic acid groups (broad SMARTS) is 1. The first-order valence-electron chi connectivity index (χ1n) is 5.05. The number of para-hydroxylation sites is 1. The largest absolute Gasteiger partial charge is 0.478 e. The number of allylic oxidation sites excluding steroid dienone is 3. The molecule has 0 fully saturated rings. The van der Waals surface area contributed by atoms with E-state index in [9.17, 15) is 4.79 Å². The molecular formula is C13H13NO2. The van der Waals surface area contributed by atoms with Gasteiger partial charge in [-0.15, -0.1) is 0 Å². The predicted octanol–water partition coefficient (Wildman–Crippen LogP) is 2.51. The highest BCUT2D eigenvalue weighted by atomic mass is 16.4. The van der Waals surface area contributed by atoms with Crippen LogP contribution in [0, 0.1) is 0 Å². The van der Waals surface area contributed by atoms with E-state index in [0.717, 1.165) is 22.5 Å². The van der Waals surface area contributed by atoms with Crippen LogP contribution >= 0.6 is 0 Å². The van der Waals surface area contributed by atoms with Crippen LogP contribution in [0.4, 0.5) is 5.69 Å². The predicted molar refractivity (Wildman–Crippen MR) is 64.2 cm³/mol. The molecule has 1 aromatic carbocycles. The highest BCUT2D eigenvalue weighted by Gasteiger charge is 2.17. The van der Waals surface area contributed by atoms with E-state index in [1.165, 1.54) is 6.08 Å². The summed E-state index contributed by atoms with van der Waals surface area (Å²) in [6.07, 6.45) is 3.13. The van der Waals surface area contributed by atoms with Crippen LogP contribution in [-0.2, 0) is 4.79 Å². The fourth-order valence-corrected chi connectivity index (χ4v) is 1.85. The summed E-state index contributed by atoms with van der Waals surface area (Å²) in [5.74, 6) is -0.918. The quantitative estimate of drug-likeness (QED) is 0.732. The molecule has 0 radical (unpaired) electrons. The average molecular weight is 215 g/mol.